The quantitative estimate of drug-likeness (QED) is 0.746. The van der Waals surface area contributed by atoms with Crippen molar-refractivity contribution in [2.45, 2.75) is 75.8 Å². The van der Waals surface area contributed by atoms with Gasteiger partial charge >= 0.3 is 0 Å². The number of nitrogens with one attached hydrogen (secondary N) is 2. The lowest BCUT2D eigenvalue weighted by atomic mass is 9.38. The molecule has 0 aromatic heterocycles. The van der Waals surface area contributed by atoms with E-state index < -0.39 is 15.6 Å². The molecule has 4 aliphatic carbocycles. The zero-order valence-corrected chi connectivity index (χ0v) is 18.6. The first kappa shape index (κ1) is 19.6. The van der Waals surface area contributed by atoms with Crippen LogP contribution in [0.1, 0.15) is 64.9 Å². The van der Waals surface area contributed by atoms with Crippen LogP contribution in [0.5, 0.6) is 0 Å². The Hall–Kier alpha value is -1.40. The summed E-state index contributed by atoms with van der Waals surface area (Å²) >= 11 is 0. The Kier molecular flexibility index (Phi) is 4.09. The molecule has 0 aliphatic heterocycles. The number of carbonyl (C=O) groups excluding carboxylic acids is 1. The lowest BCUT2D eigenvalue weighted by molar-refractivity contribution is -0.185. The monoisotopic (exact) mass is 416 g/mol. The third-order valence-electron chi connectivity index (χ3n) is 8.57. The van der Waals surface area contributed by atoms with Gasteiger partial charge in [0.05, 0.1) is 4.90 Å². The van der Waals surface area contributed by atoms with Crippen molar-refractivity contribution < 1.29 is 13.2 Å². The molecule has 4 aliphatic rings. The van der Waals surface area contributed by atoms with Gasteiger partial charge in [-0.15, -0.1) is 0 Å². The molecule has 4 saturated carbocycles. The summed E-state index contributed by atoms with van der Waals surface area (Å²) in [7, 11) is -3.77. The molecule has 158 valence electrons. The fourth-order valence-corrected chi connectivity index (χ4v) is 8.43. The molecular formula is C23H32N2O3S. The molecule has 1 aromatic rings. The maximum absolute atomic E-state index is 13.1. The number of hydrogen-bond donors (Lipinski definition) is 2. The van der Waals surface area contributed by atoms with Gasteiger partial charge in [0.1, 0.15) is 5.54 Å². The Balaban J connectivity index is 1.27. The second kappa shape index (κ2) is 6.07. The number of amides is 1. The first-order chi connectivity index (χ1) is 13.5. The predicted octanol–water partition coefficient (Wildman–Crippen LogP) is 3.42. The summed E-state index contributed by atoms with van der Waals surface area (Å²) in [5, 5.41) is 3.25. The fraction of sp³-hybridized carbons (Fsp3) is 0.696. The molecular weight excluding hydrogens is 384 g/mol. The van der Waals surface area contributed by atoms with Gasteiger partial charge in [-0.25, -0.2) is 8.42 Å². The molecule has 6 heteroatoms. The lowest BCUT2D eigenvalue weighted by Crippen LogP contribution is -2.66. The van der Waals surface area contributed by atoms with Crippen LogP contribution in [-0.2, 0) is 14.8 Å². The summed E-state index contributed by atoms with van der Waals surface area (Å²) in [6.45, 7) is 7.45. The second-order valence-corrected chi connectivity index (χ2v) is 12.4. The highest BCUT2D eigenvalue weighted by molar-refractivity contribution is 7.89. The maximum atomic E-state index is 13.1. The molecule has 5 nitrogen and oxygen atoms in total. The molecule has 1 aromatic carbocycles. The van der Waals surface area contributed by atoms with E-state index in [1.54, 1.807) is 26.0 Å². The summed E-state index contributed by atoms with van der Waals surface area (Å²) in [4.78, 5) is 13.3. The van der Waals surface area contributed by atoms with Crippen LogP contribution in [-0.4, -0.2) is 25.9 Å². The van der Waals surface area contributed by atoms with Crippen molar-refractivity contribution in [3.05, 3.63) is 29.8 Å². The summed E-state index contributed by atoms with van der Waals surface area (Å²) < 4.78 is 28.4. The Bertz CT molecular complexity index is 953. The van der Waals surface area contributed by atoms with Crippen molar-refractivity contribution in [2.75, 3.05) is 0 Å². The molecule has 2 N–H and O–H groups in total. The number of rotatable bonds is 6. The molecule has 29 heavy (non-hydrogen) atoms. The number of hydrogen-bond acceptors (Lipinski definition) is 3. The molecule has 4 fully saturated rings. The highest BCUT2D eigenvalue weighted by Gasteiger charge is 2.76. The van der Waals surface area contributed by atoms with Gasteiger partial charge in [0, 0.05) is 6.04 Å². The molecule has 6 atom stereocenters. The van der Waals surface area contributed by atoms with Crippen molar-refractivity contribution in [3.63, 3.8) is 0 Å². The van der Waals surface area contributed by atoms with Crippen LogP contribution in [0.25, 0.3) is 0 Å². The average molecular weight is 417 g/mol. The molecule has 0 saturated heterocycles. The van der Waals surface area contributed by atoms with E-state index >= 15 is 0 Å². The van der Waals surface area contributed by atoms with Gasteiger partial charge in [0.25, 0.3) is 0 Å². The molecule has 5 rings (SSSR count). The Morgan fingerprint density at radius 3 is 2.34 bits per heavy atom. The zero-order valence-electron chi connectivity index (χ0n) is 17.7. The van der Waals surface area contributed by atoms with E-state index in [1.807, 2.05) is 12.1 Å². The van der Waals surface area contributed by atoms with Gasteiger partial charge in [0.15, 0.2) is 0 Å². The summed E-state index contributed by atoms with van der Waals surface area (Å²) in [6.07, 6.45) is 5.15. The van der Waals surface area contributed by atoms with Crippen molar-refractivity contribution in [1.82, 2.24) is 10.0 Å². The van der Waals surface area contributed by atoms with Crippen LogP contribution in [0.15, 0.2) is 29.2 Å². The summed E-state index contributed by atoms with van der Waals surface area (Å²) in [6, 6.07) is 7.13. The van der Waals surface area contributed by atoms with E-state index in [-0.39, 0.29) is 16.8 Å². The van der Waals surface area contributed by atoms with Crippen LogP contribution < -0.4 is 10.0 Å². The Labute approximate surface area is 174 Å². The van der Waals surface area contributed by atoms with E-state index in [4.69, 9.17) is 0 Å². The summed E-state index contributed by atoms with van der Waals surface area (Å²) in [5.74, 6) is 3.11. The van der Waals surface area contributed by atoms with Crippen LogP contribution in [0.4, 0.5) is 0 Å². The van der Waals surface area contributed by atoms with Crippen LogP contribution >= 0.6 is 0 Å². The molecule has 6 unspecified atom stereocenters. The first-order valence-corrected chi connectivity index (χ1v) is 12.5. The van der Waals surface area contributed by atoms with E-state index in [9.17, 15) is 13.2 Å². The predicted molar refractivity (Wildman–Crippen MR) is 112 cm³/mol. The third kappa shape index (κ3) is 2.67. The third-order valence-corrected chi connectivity index (χ3v) is 10.2. The Morgan fingerprint density at radius 1 is 1.10 bits per heavy atom. The second-order valence-electron chi connectivity index (χ2n) is 10.7. The number of carbonyl (C=O) groups is 1. The van der Waals surface area contributed by atoms with Gasteiger partial charge in [-0.3, -0.25) is 4.79 Å². The molecule has 1 amide bonds. The van der Waals surface area contributed by atoms with Gasteiger partial charge < -0.3 is 5.32 Å². The van der Waals surface area contributed by atoms with Crippen molar-refractivity contribution in [2.24, 2.45) is 29.1 Å². The first-order valence-electron chi connectivity index (χ1n) is 11.0. The van der Waals surface area contributed by atoms with Crippen LogP contribution in [0.2, 0.25) is 0 Å². The van der Waals surface area contributed by atoms with Crippen LogP contribution in [0.3, 0.4) is 0 Å². The van der Waals surface area contributed by atoms with Crippen LogP contribution in [0, 0.1) is 29.1 Å². The normalized spacial score (nSPS) is 37.1. The zero-order chi connectivity index (χ0) is 20.8. The maximum Gasteiger partial charge on any atom is 0.241 e. The largest absolute Gasteiger partial charge is 0.351 e. The molecule has 0 radical (unpaired) electrons. The molecule has 2 bridgehead atoms. The van der Waals surface area contributed by atoms with Gasteiger partial charge in [0.2, 0.25) is 15.9 Å². The minimum Gasteiger partial charge on any atom is -0.351 e. The SMILES string of the molecule is CC(C)c1ccc(S(=O)(=O)NC(C)(C)C(=O)NC2C3CC4CC5CC2C45C3)cc1. The van der Waals surface area contributed by atoms with Gasteiger partial charge in [-0.05, 0) is 92.2 Å². The number of sulfonamides is 1. The lowest BCUT2D eigenvalue weighted by Gasteiger charge is -2.67. The van der Waals surface area contributed by atoms with E-state index in [0.717, 1.165) is 17.4 Å². The number of benzene rings is 1. The highest BCUT2D eigenvalue weighted by Crippen LogP contribution is 2.81. The molecule has 1 spiro atoms. The number of fused-ring (bicyclic) bond motifs is 1. The highest BCUT2D eigenvalue weighted by atomic mass is 32.2. The van der Waals surface area contributed by atoms with E-state index in [2.05, 4.69) is 23.9 Å². The topological polar surface area (TPSA) is 75.3 Å². The fourth-order valence-electron chi connectivity index (χ4n) is 7.05. The average Bonchev–Trinajstić information content (AvgIpc) is 3.12. The van der Waals surface area contributed by atoms with Gasteiger partial charge in [-0.1, -0.05) is 26.0 Å². The molecule has 0 heterocycles. The van der Waals surface area contributed by atoms with Crippen molar-refractivity contribution >= 4 is 15.9 Å². The van der Waals surface area contributed by atoms with E-state index in [1.165, 1.54) is 25.7 Å². The smallest absolute Gasteiger partial charge is 0.241 e. The Morgan fingerprint density at radius 2 is 1.76 bits per heavy atom. The summed E-state index contributed by atoms with van der Waals surface area (Å²) in [5.41, 5.74) is 0.423. The minimum atomic E-state index is -3.77. The minimum absolute atomic E-state index is 0.195. The van der Waals surface area contributed by atoms with Crippen molar-refractivity contribution in [1.29, 1.82) is 0 Å². The van der Waals surface area contributed by atoms with Crippen molar-refractivity contribution in [3.8, 4) is 0 Å². The van der Waals surface area contributed by atoms with Gasteiger partial charge in [-0.2, -0.15) is 4.72 Å². The standard InChI is InChI=1S/C23H32N2O3S/c1-13(2)14-5-7-18(8-6-14)29(27,28)25-22(3,4)21(26)24-20-15-9-16-10-17-11-19(20)23(16,17)12-15/h5-8,13,15-17,19-20,25H,9-12H2,1-4H3,(H,24,26). The van der Waals surface area contributed by atoms with E-state index in [0.29, 0.717) is 23.2 Å².